The molecule has 0 radical (unpaired) electrons. The summed E-state index contributed by atoms with van der Waals surface area (Å²) in [5.74, 6) is -1.86. The zero-order valence-electron chi connectivity index (χ0n) is 11.4. The molecule has 2 atom stereocenters. The fraction of sp³-hybridized carbons (Fsp3) is 0.467. The Morgan fingerprint density at radius 2 is 1.85 bits per heavy atom. The average molecular weight is 296 g/mol. The number of aliphatic carboxylic acids is 1. The monoisotopic (exact) mass is 295 g/mol. The molecular formula is C15H18ClNO3. The van der Waals surface area contributed by atoms with Gasteiger partial charge in [-0.2, -0.15) is 0 Å². The number of rotatable bonds is 4. The first kappa shape index (κ1) is 14.9. The van der Waals surface area contributed by atoms with Crippen molar-refractivity contribution in [2.75, 3.05) is 7.05 Å². The molecule has 4 nitrogen and oxygen atoms in total. The molecule has 1 aliphatic carbocycles. The number of hydrogen-bond acceptors (Lipinski definition) is 2. The van der Waals surface area contributed by atoms with Crippen LogP contribution < -0.4 is 0 Å². The minimum atomic E-state index is -0.860. The van der Waals surface area contributed by atoms with Crippen molar-refractivity contribution in [3.63, 3.8) is 0 Å². The van der Waals surface area contributed by atoms with Crippen LogP contribution in [0.5, 0.6) is 0 Å². The van der Waals surface area contributed by atoms with Gasteiger partial charge in [-0.15, -0.1) is 0 Å². The Morgan fingerprint density at radius 1 is 1.25 bits per heavy atom. The van der Waals surface area contributed by atoms with Crippen molar-refractivity contribution in [2.24, 2.45) is 11.8 Å². The first-order valence-electron chi connectivity index (χ1n) is 6.71. The molecule has 20 heavy (non-hydrogen) atoms. The summed E-state index contributed by atoms with van der Waals surface area (Å²) < 4.78 is 0. The molecule has 1 N–H and O–H groups in total. The molecule has 2 unspecified atom stereocenters. The molecule has 5 heteroatoms. The molecule has 0 spiro atoms. The highest BCUT2D eigenvalue weighted by Gasteiger charge is 2.38. The summed E-state index contributed by atoms with van der Waals surface area (Å²) in [6.45, 7) is 0.471. The van der Waals surface area contributed by atoms with Crippen LogP contribution in [0.25, 0.3) is 0 Å². The van der Waals surface area contributed by atoms with E-state index in [-0.39, 0.29) is 11.8 Å². The molecule has 0 bridgehead atoms. The van der Waals surface area contributed by atoms with Gasteiger partial charge in [0.15, 0.2) is 0 Å². The molecule has 1 saturated carbocycles. The third kappa shape index (κ3) is 3.31. The lowest BCUT2D eigenvalue weighted by Gasteiger charge is -2.23. The summed E-state index contributed by atoms with van der Waals surface area (Å²) in [5.41, 5.74) is 0.982. The van der Waals surface area contributed by atoms with Crippen molar-refractivity contribution in [3.8, 4) is 0 Å². The van der Waals surface area contributed by atoms with Crippen LogP contribution in [0.15, 0.2) is 24.3 Å². The molecule has 1 aromatic rings. The molecule has 2 rings (SSSR count). The van der Waals surface area contributed by atoms with Gasteiger partial charge < -0.3 is 10.0 Å². The van der Waals surface area contributed by atoms with Crippen LogP contribution in [0.4, 0.5) is 0 Å². The van der Waals surface area contributed by atoms with Crippen LogP contribution in [0.2, 0.25) is 5.02 Å². The van der Waals surface area contributed by atoms with Gasteiger partial charge in [0.25, 0.3) is 0 Å². The molecule has 0 heterocycles. The van der Waals surface area contributed by atoms with Crippen molar-refractivity contribution in [1.29, 1.82) is 0 Å². The first-order valence-corrected chi connectivity index (χ1v) is 7.09. The predicted molar refractivity (Wildman–Crippen MR) is 76.4 cm³/mol. The number of benzene rings is 1. The lowest BCUT2D eigenvalue weighted by atomic mass is 9.95. The zero-order valence-corrected chi connectivity index (χ0v) is 12.1. The van der Waals surface area contributed by atoms with Crippen molar-refractivity contribution in [3.05, 3.63) is 34.9 Å². The average Bonchev–Trinajstić information content (AvgIpc) is 2.90. The number of nitrogens with zero attached hydrogens (tertiary/aromatic N) is 1. The topological polar surface area (TPSA) is 57.6 Å². The van der Waals surface area contributed by atoms with Crippen LogP contribution in [-0.2, 0) is 16.1 Å². The normalized spacial score (nSPS) is 21.7. The third-order valence-corrected chi connectivity index (χ3v) is 4.11. The van der Waals surface area contributed by atoms with Crippen LogP contribution in [0, 0.1) is 11.8 Å². The summed E-state index contributed by atoms with van der Waals surface area (Å²) in [6.07, 6.45) is 2.07. The van der Waals surface area contributed by atoms with Gasteiger partial charge in [0.1, 0.15) is 0 Å². The Bertz CT molecular complexity index is 500. The Labute approximate surface area is 123 Å². The molecule has 1 aromatic carbocycles. The molecule has 108 valence electrons. The molecule has 1 aliphatic rings. The van der Waals surface area contributed by atoms with Crippen molar-refractivity contribution in [1.82, 2.24) is 4.90 Å². The van der Waals surface area contributed by atoms with Gasteiger partial charge in [-0.05, 0) is 30.5 Å². The molecular weight excluding hydrogens is 278 g/mol. The molecule has 0 saturated heterocycles. The van der Waals surface area contributed by atoms with E-state index < -0.39 is 11.9 Å². The Balaban J connectivity index is 2.01. The van der Waals surface area contributed by atoms with E-state index in [2.05, 4.69) is 0 Å². The van der Waals surface area contributed by atoms with Gasteiger partial charge in [0.05, 0.1) is 11.8 Å². The number of halogens is 1. The molecule has 1 amide bonds. The summed E-state index contributed by atoms with van der Waals surface area (Å²) >= 11 is 5.82. The fourth-order valence-electron chi connectivity index (χ4n) is 2.78. The van der Waals surface area contributed by atoms with Gasteiger partial charge in [0, 0.05) is 18.6 Å². The van der Waals surface area contributed by atoms with Crippen LogP contribution in [0.1, 0.15) is 24.8 Å². The maximum atomic E-state index is 12.4. The predicted octanol–water partition coefficient (Wildman–Crippen LogP) is 2.80. The second kappa shape index (κ2) is 6.27. The standard InChI is InChI=1S/C15H18ClNO3/c1-17(9-10-5-7-11(16)8-6-10)14(18)12-3-2-4-13(12)15(19)20/h5-8,12-13H,2-4,9H2,1H3,(H,19,20). The maximum Gasteiger partial charge on any atom is 0.307 e. The number of amides is 1. The molecule has 0 aromatic heterocycles. The van der Waals surface area contributed by atoms with E-state index in [1.54, 1.807) is 24.1 Å². The maximum absolute atomic E-state index is 12.4. The highest BCUT2D eigenvalue weighted by atomic mass is 35.5. The van der Waals surface area contributed by atoms with Crippen LogP contribution in [-0.4, -0.2) is 28.9 Å². The van der Waals surface area contributed by atoms with Crippen molar-refractivity contribution < 1.29 is 14.7 Å². The quantitative estimate of drug-likeness (QED) is 0.929. The summed E-state index contributed by atoms with van der Waals surface area (Å²) in [7, 11) is 1.72. The number of carboxylic acid groups (broad SMARTS) is 1. The lowest BCUT2D eigenvalue weighted by Crippen LogP contribution is -2.36. The van der Waals surface area contributed by atoms with Gasteiger partial charge >= 0.3 is 5.97 Å². The van der Waals surface area contributed by atoms with Gasteiger partial charge in [-0.1, -0.05) is 30.2 Å². The van der Waals surface area contributed by atoms with Crippen LogP contribution >= 0.6 is 11.6 Å². The molecule has 0 aliphatic heterocycles. The smallest absolute Gasteiger partial charge is 0.307 e. The number of carbonyl (C=O) groups excluding carboxylic acids is 1. The van der Waals surface area contributed by atoms with Crippen molar-refractivity contribution in [2.45, 2.75) is 25.8 Å². The Morgan fingerprint density at radius 3 is 2.45 bits per heavy atom. The second-order valence-electron chi connectivity index (χ2n) is 5.30. The minimum absolute atomic E-state index is 0.0788. The number of carboxylic acids is 1. The minimum Gasteiger partial charge on any atom is -0.481 e. The fourth-order valence-corrected chi connectivity index (χ4v) is 2.90. The summed E-state index contributed by atoms with van der Waals surface area (Å²) in [6, 6.07) is 7.31. The van der Waals surface area contributed by atoms with E-state index in [9.17, 15) is 9.59 Å². The highest BCUT2D eigenvalue weighted by molar-refractivity contribution is 6.30. The van der Waals surface area contributed by atoms with E-state index in [0.29, 0.717) is 24.4 Å². The van der Waals surface area contributed by atoms with Gasteiger partial charge in [-0.25, -0.2) is 0 Å². The largest absolute Gasteiger partial charge is 0.481 e. The van der Waals surface area contributed by atoms with E-state index in [0.717, 1.165) is 12.0 Å². The van der Waals surface area contributed by atoms with E-state index in [4.69, 9.17) is 16.7 Å². The number of carbonyl (C=O) groups is 2. The molecule has 1 fully saturated rings. The van der Waals surface area contributed by atoms with E-state index >= 15 is 0 Å². The SMILES string of the molecule is CN(Cc1ccc(Cl)cc1)C(=O)C1CCCC1C(=O)O. The lowest BCUT2D eigenvalue weighted by molar-refractivity contribution is -0.148. The number of hydrogen-bond donors (Lipinski definition) is 1. The first-order chi connectivity index (χ1) is 9.49. The third-order valence-electron chi connectivity index (χ3n) is 3.86. The summed E-state index contributed by atoms with van der Waals surface area (Å²) in [5, 5.41) is 9.81. The second-order valence-corrected chi connectivity index (χ2v) is 5.74. The highest BCUT2D eigenvalue weighted by Crippen LogP contribution is 2.33. The van der Waals surface area contributed by atoms with Crippen molar-refractivity contribution >= 4 is 23.5 Å². The Hall–Kier alpha value is -1.55. The van der Waals surface area contributed by atoms with Gasteiger partial charge in [-0.3, -0.25) is 9.59 Å². The summed E-state index contributed by atoms with van der Waals surface area (Å²) in [4.78, 5) is 25.1. The zero-order chi connectivity index (χ0) is 14.7. The van der Waals surface area contributed by atoms with E-state index in [1.165, 1.54) is 0 Å². The van der Waals surface area contributed by atoms with Crippen LogP contribution in [0.3, 0.4) is 0 Å². The van der Waals surface area contributed by atoms with Gasteiger partial charge in [0.2, 0.25) is 5.91 Å². The van der Waals surface area contributed by atoms with E-state index in [1.807, 2.05) is 12.1 Å². The Kier molecular flexibility index (Phi) is 4.65.